The number of nitrogens with zero attached hydrogens (tertiary/aromatic N) is 1. The maximum Gasteiger partial charge on any atom is 0.293 e. The molecule has 0 atom stereocenters. The number of carbonyl (C=O) groups excluding carboxylic acids is 2. The zero-order valence-electron chi connectivity index (χ0n) is 16.6. The molecule has 0 radical (unpaired) electrons. The number of hydrogen-bond donors (Lipinski definition) is 0. The highest BCUT2D eigenvalue weighted by Gasteiger charge is 2.35. The van der Waals surface area contributed by atoms with Crippen molar-refractivity contribution < 1.29 is 14.3 Å². The summed E-state index contributed by atoms with van der Waals surface area (Å²) in [6.07, 6.45) is 1.72. The van der Waals surface area contributed by atoms with Crippen LogP contribution in [-0.4, -0.2) is 16.0 Å². The van der Waals surface area contributed by atoms with Gasteiger partial charge in [-0.05, 0) is 86.9 Å². The molecule has 8 heteroatoms. The number of halogens is 3. The molecule has 0 unspecified atom stereocenters. The average Bonchev–Trinajstić information content (AvgIpc) is 3.03. The zero-order valence-corrected chi connectivity index (χ0v) is 21.3. The van der Waals surface area contributed by atoms with E-state index < -0.39 is 0 Å². The van der Waals surface area contributed by atoms with Crippen LogP contribution in [0, 0.1) is 0 Å². The molecule has 0 saturated carbocycles. The fourth-order valence-electron chi connectivity index (χ4n) is 3.03. The van der Waals surface area contributed by atoms with Gasteiger partial charge in [0.05, 0.1) is 15.9 Å². The molecule has 0 aromatic heterocycles. The molecule has 32 heavy (non-hydrogen) atoms. The third-order valence-electron chi connectivity index (χ3n) is 4.69. The van der Waals surface area contributed by atoms with E-state index in [1.165, 1.54) is 4.90 Å². The second-order valence-electron chi connectivity index (χ2n) is 7.00. The van der Waals surface area contributed by atoms with Gasteiger partial charge in [-0.2, -0.15) is 0 Å². The molecule has 2 amide bonds. The van der Waals surface area contributed by atoms with Crippen molar-refractivity contribution in [2.24, 2.45) is 0 Å². The standard InChI is InChI=1S/C24H16Br2ClNO3S/c25-18-6-1-16(2-7-18)14-31-21-10-5-17(11-20(21)26)12-22-23(29)28(24(30)32-22)13-15-3-8-19(27)9-4-15/h1-12H,13-14H2/b22-12-. The minimum atomic E-state index is -0.304. The molecule has 0 spiro atoms. The number of hydrogen-bond acceptors (Lipinski definition) is 4. The smallest absolute Gasteiger partial charge is 0.293 e. The molecular weight excluding hydrogens is 578 g/mol. The number of imide groups is 1. The Labute approximate surface area is 211 Å². The summed E-state index contributed by atoms with van der Waals surface area (Å²) in [5.74, 6) is 0.391. The van der Waals surface area contributed by atoms with Gasteiger partial charge in [-0.1, -0.05) is 57.9 Å². The maximum absolute atomic E-state index is 12.8. The topological polar surface area (TPSA) is 46.6 Å². The number of thioether (sulfide) groups is 1. The van der Waals surface area contributed by atoms with Crippen molar-refractivity contribution in [3.8, 4) is 5.75 Å². The van der Waals surface area contributed by atoms with E-state index in [4.69, 9.17) is 16.3 Å². The molecule has 1 fully saturated rings. The minimum Gasteiger partial charge on any atom is -0.488 e. The third kappa shape index (κ3) is 5.64. The van der Waals surface area contributed by atoms with E-state index in [9.17, 15) is 9.59 Å². The first-order chi connectivity index (χ1) is 15.4. The summed E-state index contributed by atoms with van der Waals surface area (Å²) < 4.78 is 7.68. The predicted molar refractivity (Wildman–Crippen MR) is 136 cm³/mol. The highest BCUT2D eigenvalue weighted by molar-refractivity contribution is 9.10. The fraction of sp³-hybridized carbons (Fsp3) is 0.0833. The van der Waals surface area contributed by atoms with Crippen LogP contribution in [0.3, 0.4) is 0 Å². The van der Waals surface area contributed by atoms with E-state index in [-0.39, 0.29) is 17.7 Å². The monoisotopic (exact) mass is 591 g/mol. The molecule has 3 aromatic rings. The van der Waals surface area contributed by atoms with E-state index in [1.807, 2.05) is 42.5 Å². The van der Waals surface area contributed by atoms with Gasteiger partial charge in [-0.25, -0.2) is 0 Å². The van der Waals surface area contributed by atoms with E-state index in [2.05, 4.69) is 31.9 Å². The first-order valence-corrected chi connectivity index (χ1v) is 12.3. The second-order valence-corrected chi connectivity index (χ2v) is 10.2. The van der Waals surface area contributed by atoms with Gasteiger partial charge in [-0.15, -0.1) is 0 Å². The van der Waals surface area contributed by atoms with Gasteiger partial charge in [0.2, 0.25) is 0 Å². The van der Waals surface area contributed by atoms with E-state index in [1.54, 1.807) is 30.3 Å². The molecule has 0 N–H and O–H groups in total. The van der Waals surface area contributed by atoms with Crippen molar-refractivity contribution in [3.63, 3.8) is 0 Å². The van der Waals surface area contributed by atoms with Crippen LogP contribution in [0.2, 0.25) is 5.02 Å². The lowest BCUT2D eigenvalue weighted by Crippen LogP contribution is -2.27. The molecule has 0 bridgehead atoms. The summed E-state index contributed by atoms with van der Waals surface area (Å²) in [4.78, 5) is 26.8. The normalized spacial score (nSPS) is 15.0. The van der Waals surface area contributed by atoms with Gasteiger partial charge in [0, 0.05) is 9.50 Å². The summed E-state index contributed by atoms with van der Waals surface area (Å²) in [7, 11) is 0. The number of rotatable bonds is 6. The van der Waals surface area contributed by atoms with Crippen molar-refractivity contribution in [2.75, 3.05) is 0 Å². The van der Waals surface area contributed by atoms with Crippen LogP contribution in [0.1, 0.15) is 16.7 Å². The van der Waals surface area contributed by atoms with Crippen LogP contribution in [0.4, 0.5) is 4.79 Å². The SMILES string of the molecule is O=C1S/C(=C\c2ccc(OCc3ccc(Br)cc3)c(Br)c2)C(=O)N1Cc1ccc(Cl)cc1. The third-order valence-corrected chi connectivity index (χ3v) is 7.00. The Balaban J connectivity index is 1.44. The van der Waals surface area contributed by atoms with Gasteiger partial charge in [-0.3, -0.25) is 14.5 Å². The molecule has 1 aliphatic rings. The van der Waals surface area contributed by atoms with E-state index in [0.717, 1.165) is 37.4 Å². The van der Waals surface area contributed by atoms with Crippen molar-refractivity contribution >= 4 is 72.4 Å². The quantitative estimate of drug-likeness (QED) is 0.275. The van der Waals surface area contributed by atoms with Crippen LogP contribution >= 0.6 is 55.2 Å². The summed E-state index contributed by atoms with van der Waals surface area (Å²) in [6, 6.07) is 20.6. The van der Waals surface area contributed by atoms with Gasteiger partial charge in [0.1, 0.15) is 12.4 Å². The molecule has 162 valence electrons. The molecule has 4 rings (SSSR count). The van der Waals surface area contributed by atoms with Crippen LogP contribution in [0.15, 0.2) is 80.6 Å². The lowest BCUT2D eigenvalue weighted by Gasteiger charge is -2.12. The molecule has 0 aliphatic carbocycles. The molecule has 1 saturated heterocycles. The van der Waals surface area contributed by atoms with Crippen molar-refractivity contribution in [3.05, 3.63) is 102 Å². The Bertz CT molecular complexity index is 1200. The summed E-state index contributed by atoms with van der Waals surface area (Å²) >= 11 is 13.8. The largest absolute Gasteiger partial charge is 0.488 e. The molecule has 1 aliphatic heterocycles. The second kappa shape index (κ2) is 10.3. The van der Waals surface area contributed by atoms with Crippen LogP contribution in [0.5, 0.6) is 5.75 Å². The molecule has 3 aromatic carbocycles. The fourth-order valence-corrected chi connectivity index (χ4v) is 4.77. The van der Waals surface area contributed by atoms with Crippen molar-refractivity contribution in [1.82, 2.24) is 4.90 Å². The lowest BCUT2D eigenvalue weighted by atomic mass is 10.2. The van der Waals surface area contributed by atoms with Crippen LogP contribution in [0.25, 0.3) is 6.08 Å². The number of ether oxygens (including phenoxy) is 1. The zero-order chi connectivity index (χ0) is 22.7. The molecule has 4 nitrogen and oxygen atoms in total. The van der Waals surface area contributed by atoms with Gasteiger partial charge in [0.15, 0.2) is 0 Å². The summed E-state index contributed by atoms with van der Waals surface area (Å²) in [5.41, 5.74) is 2.69. The van der Waals surface area contributed by atoms with Crippen LogP contribution in [-0.2, 0) is 17.9 Å². The number of carbonyl (C=O) groups is 2. The van der Waals surface area contributed by atoms with Gasteiger partial charge >= 0.3 is 0 Å². The van der Waals surface area contributed by atoms with Crippen molar-refractivity contribution in [2.45, 2.75) is 13.2 Å². The Morgan fingerprint density at radius 3 is 2.31 bits per heavy atom. The van der Waals surface area contributed by atoms with Crippen molar-refractivity contribution in [1.29, 1.82) is 0 Å². The minimum absolute atomic E-state index is 0.214. The van der Waals surface area contributed by atoms with E-state index in [0.29, 0.717) is 22.3 Å². The highest BCUT2D eigenvalue weighted by Crippen LogP contribution is 2.35. The maximum atomic E-state index is 12.8. The first kappa shape index (κ1) is 23.1. The Morgan fingerprint density at radius 2 is 1.62 bits per heavy atom. The lowest BCUT2D eigenvalue weighted by molar-refractivity contribution is -0.123. The van der Waals surface area contributed by atoms with E-state index >= 15 is 0 Å². The average molecular weight is 594 g/mol. The number of amides is 2. The molecular formula is C24H16Br2ClNO3S. The number of benzene rings is 3. The molecule has 1 heterocycles. The Hall–Kier alpha value is -2.06. The Kier molecular flexibility index (Phi) is 7.40. The predicted octanol–water partition coefficient (Wildman–Crippen LogP) is 7.68. The Morgan fingerprint density at radius 1 is 0.938 bits per heavy atom. The summed E-state index contributed by atoms with van der Waals surface area (Å²) in [6.45, 7) is 0.653. The van der Waals surface area contributed by atoms with Gasteiger partial charge < -0.3 is 4.74 Å². The van der Waals surface area contributed by atoms with Gasteiger partial charge in [0.25, 0.3) is 11.1 Å². The highest BCUT2D eigenvalue weighted by atomic mass is 79.9. The summed E-state index contributed by atoms with van der Waals surface area (Å²) in [5, 5.41) is 0.322. The first-order valence-electron chi connectivity index (χ1n) is 9.55. The van der Waals surface area contributed by atoms with Crippen LogP contribution < -0.4 is 4.74 Å².